The van der Waals surface area contributed by atoms with E-state index < -0.39 is 5.60 Å². The normalized spacial score (nSPS) is 26.4. The van der Waals surface area contributed by atoms with Crippen molar-refractivity contribution in [1.29, 1.82) is 0 Å². The van der Waals surface area contributed by atoms with Crippen LogP contribution in [0, 0.1) is 0 Å². The monoisotopic (exact) mass is 347 g/mol. The molecule has 5 nitrogen and oxygen atoms in total. The van der Waals surface area contributed by atoms with Crippen LogP contribution < -0.4 is 5.32 Å². The molecular formula is C20H33N3O2. The lowest BCUT2D eigenvalue weighted by atomic mass is 10.1. The van der Waals surface area contributed by atoms with Crippen LogP contribution in [0.1, 0.15) is 31.9 Å². The molecule has 2 saturated heterocycles. The minimum atomic E-state index is -0.699. The van der Waals surface area contributed by atoms with E-state index >= 15 is 0 Å². The number of β-amino-alcohol motifs (C(OH)–C–C–N with tert-alkyl or cyclic N) is 1. The number of hydrogen-bond acceptors (Lipinski definition) is 5. The predicted octanol–water partition coefficient (Wildman–Crippen LogP) is 1.49. The predicted molar refractivity (Wildman–Crippen MR) is 101 cm³/mol. The highest BCUT2D eigenvalue weighted by Gasteiger charge is 2.30. The van der Waals surface area contributed by atoms with Gasteiger partial charge in [0.15, 0.2) is 0 Å². The number of nitrogens with zero attached hydrogens (tertiary/aromatic N) is 2. The summed E-state index contributed by atoms with van der Waals surface area (Å²) in [5.74, 6) is 0. The molecule has 2 heterocycles. The fourth-order valence-electron chi connectivity index (χ4n) is 3.91. The second-order valence-corrected chi connectivity index (χ2v) is 7.83. The molecule has 0 saturated carbocycles. The average Bonchev–Trinajstić information content (AvgIpc) is 3.10. The number of benzene rings is 1. The zero-order valence-electron chi connectivity index (χ0n) is 15.7. The SMILES string of the molecule is C[C@H](c1ccccc1)N1CC[C@H](NC[C@@](C)(O)CN2CCOCC2)C1. The topological polar surface area (TPSA) is 48.0 Å². The Morgan fingerprint density at radius 1 is 1.24 bits per heavy atom. The zero-order valence-corrected chi connectivity index (χ0v) is 15.7. The molecule has 0 unspecified atom stereocenters. The molecule has 2 aliphatic heterocycles. The molecule has 0 radical (unpaired) electrons. The third-order valence-electron chi connectivity index (χ3n) is 5.49. The van der Waals surface area contributed by atoms with E-state index in [0.717, 1.165) is 45.8 Å². The standard InChI is InChI=1S/C20H33N3O2/c1-17(18-6-4-3-5-7-18)23-9-8-19(14-23)21-15-20(2,24)16-22-10-12-25-13-11-22/h3-7,17,19,21,24H,8-16H2,1-2H3/t17-,19+,20-/m1/s1. The number of aliphatic hydroxyl groups is 1. The van der Waals surface area contributed by atoms with Gasteiger partial charge in [0.05, 0.1) is 18.8 Å². The van der Waals surface area contributed by atoms with Crippen molar-refractivity contribution >= 4 is 0 Å². The highest BCUT2D eigenvalue weighted by Crippen LogP contribution is 2.24. The maximum absolute atomic E-state index is 10.7. The van der Waals surface area contributed by atoms with Crippen molar-refractivity contribution in [1.82, 2.24) is 15.1 Å². The van der Waals surface area contributed by atoms with Gasteiger partial charge >= 0.3 is 0 Å². The Morgan fingerprint density at radius 2 is 1.96 bits per heavy atom. The van der Waals surface area contributed by atoms with Gasteiger partial charge in [-0.05, 0) is 25.8 Å². The molecule has 0 bridgehead atoms. The Balaban J connectivity index is 1.43. The summed E-state index contributed by atoms with van der Waals surface area (Å²) in [5, 5.41) is 14.3. The molecule has 2 aliphatic rings. The van der Waals surface area contributed by atoms with Crippen molar-refractivity contribution in [2.24, 2.45) is 0 Å². The first-order valence-electron chi connectivity index (χ1n) is 9.58. The van der Waals surface area contributed by atoms with Crippen molar-refractivity contribution in [2.45, 2.75) is 38.0 Å². The van der Waals surface area contributed by atoms with E-state index in [9.17, 15) is 5.11 Å². The van der Waals surface area contributed by atoms with Crippen LogP contribution in [0.4, 0.5) is 0 Å². The fourth-order valence-corrected chi connectivity index (χ4v) is 3.91. The number of nitrogens with one attached hydrogen (secondary N) is 1. The molecule has 1 aromatic rings. The number of ether oxygens (including phenoxy) is 1. The molecular weight excluding hydrogens is 314 g/mol. The second kappa shape index (κ2) is 8.60. The Morgan fingerprint density at radius 3 is 2.68 bits per heavy atom. The first-order chi connectivity index (χ1) is 12.0. The molecule has 3 rings (SSSR count). The van der Waals surface area contributed by atoms with E-state index in [-0.39, 0.29) is 0 Å². The van der Waals surface area contributed by atoms with E-state index in [4.69, 9.17) is 4.74 Å². The van der Waals surface area contributed by atoms with Crippen LogP contribution in [0.15, 0.2) is 30.3 Å². The lowest BCUT2D eigenvalue weighted by Crippen LogP contribution is -2.52. The maximum atomic E-state index is 10.7. The number of hydrogen-bond donors (Lipinski definition) is 2. The largest absolute Gasteiger partial charge is 0.388 e. The Labute approximate surface area is 152 Å². The van der Waals surface area contributed by atoms with Gasteiger partial charge in [-0.3, -0.25) is 9.80 Å². The van der Waals surface area contributed by atoms with E-state index in [0.29, 0.717) is 25.2 Å². The van der Waals surface area contributed by atoms with Gasteiger partial charge in [0.1, 0.15) is 0 Å². The maximum Gasteiger partial charge on any atom is 0.0869 e. The van der Waals surface area contributed by atoms with E-state index in [1.807, 2.05) is 6.92 Å². The van der Waals surface area contributed by atoms with Gasteiger partial charge in [-0.2, -0.15) is 0 Å². The molecule has 1 aromatic carbocycles. The van der Waals surface area contributed by atoms with Gasteiger partial charge in [-0.25, -0.2) is 0 Å². The fraction of sp³-hybridized carbons (Fsp3) is 0.700. The second-order valence-electron chi connectivity index (χ2n) is 7.83. The third-order valence-corrected chi connectivity index (χ3v) is 5.49. The number of morpholine rings is 1. The molecule has 3 atom stereocenters. The average molecular weight is 348 g/mol. The summed E-state index contributed by atoms with van der Waals surface area (Å²) in [6, 6.07) is 11.6. The molecule has 25 heavy (non-hydrogen) atoms. The Hall–Kier alpha value is -0.980. The van der Waals surface area contributed by atoms with Crippen LogP contribution in [-0.4, -0.2) is 79.0 Å². The summed E-state index contributed by atoms with van der Waals surface area (Å²) in [6.07, 6.45) is 1.14. The molecule has 5 heteroatoms. The summed E-state index contributed by atoms with van der Waals surface area (Å²) < 4.78 is 5.38. The van der Waals surface area contributed by atoms with Gasteiger partial charge in [-0.15, -0.1) is 0 Å². The zero-order chi connectivity index (χ0) is 17.7. The van der Waals surface area contributed by atoms with Crippen LogP contribution >= 0.6 is 0 Å². The van der Waals surface area contributed by atoms with Gasteiger partial charge in [-0.1, -0.05) is 30.3 Å². The smallest absolute Gasteiger partial charge is 0.0869 e. The number of rotatable bonds is 7. The quantitative estimate of drug-likeness (QED) is 0.783. The van der Waals surface area contributed by atoms with Crippen LogP contribution in [0.3, 0.4) is 0 Å². The molecule has 0 aromatic heterocycles. The van der Waals surface area contributed by atoms with Crippen molar-refractivity contribution in [2.75, 3.05) is 52.5 Å². The van der Waals surface area contributed by atoms with Crippen LogP contribution in [0.2, 0.25) is 0 Å². The summed E-state index contributed by atoms with van der Waals surface area (Å²) in [6.45, 7) is 11.1. The van der Waals surface area contributed by atoms with Crippen molar-refractivity contribution in [3.05, 3.63) is 35.9 Å². The van der Waals surface area contributed by atoms with E-state index in [1.165, 1.54) is 5.56 Å². The van der Waals surface area contributed by atoms with E-state index in [2.05, 4.69) is 52.4 Å². The number of likely N-dealkylation sites (tertiary alicyclic amines) is 1. The highest BCUT2D eigenvalue weighted by atomic mass is 16.5. The van der Waals surface area contributed by atoms with Crippen molar-refractivity contribution in [3.8, 4) is 0 Å². The molecule has 0 amide bonds. The minimum Gasteiger partial charge on any atom is -0.388 e. The van der Waals surface area contributed by atoms with Gasteiger partial charge in [0.25, 0.3) is 0 Å². The molecule has 2 fully saturated rings. The lowest BCUT2D eigenvalue weighted by Gasteiger charge is -2.34. The van der Waals surface area contributed by atoms with Crippen LogP contribution in [0.5, 0.6) is 0 Å². The Kier molecular flexibility index (Phi) is 6.47. The molecule has 0 aliphatic carbocycles. The van der Waals surface area contributed by atoms with Gasteiger partial charge in [0, 0.05) is 51.4 Å². The minimum absolute atomic E-state index is 0.446. The summed E-state index contributed by atoms with van der Waals surface area (Å²) in [7, 11) is 0. The Bertz CT molecular complexity index is 517. The molecule has 140 valence electrons. The van der Waals surface area contributed by atoms with Gasteiger partial charge in [0.2, 0.25) is 0 Å². The molecule has 0 spiro atoms. The highest BCUT2D eigenvalue weighted by molar-refractivity contribution is 5.18. The first-order valence-corrected chi connectivity index (χ1v) is 9.58. The first kappa shape index (κ1) is 18.8. The van der Waals surface area contributed by atoms with Crippen LogP contribution in [0.25, 0.3) is 0 Å². The van der Waals surface area contributed by atoms with Gasteiger partial charge < -0.3 is 15.2 Å². The lowest BCUT2D eigenvalue weighted by molar-refractivity contribution is -0.0227. The van der Waals surface area contributed by atoms with Crippen molar-refractivity contribution < 1.29 is 9.84 Å². The third kappa shape index (κ3) is 5.50. The van der Waals surface area contributed by atoms with Crippen molar-refractivity contribution in [3.63, 3.8) is 0 Å². The summed E-state index contributed by atoms with van der Waals surface area (Å²) in [5.41, 5.74) is 0.679. The summed E-state index contributed by atoms with van der Waals surface area (Å²) >= 11 is 0. The molecule has 2 N–H and O–H groups in total. The summed E-state index contributed by atoms with van der Waals surface area (Å²) in [4.78, 5) is 4.83. The van der Waals surface area contributed by atoms with E-state index in [1.54, 1.807) is 0 Å². The van der Waals surface area contributed by atoms with Crippen LogP contribution in [-0.2, 0) is 4.74 Å².